The van der Waals surface area contributed by atoms with E-state index in [4.69, 9.17) is 10.5 Å². The molecule has 0 saturated carbocycles. The van der Waals surface area contributed by atoms with Gasteiger partial charge in [0.15, 0.2) is 5.13 Å². The molecular weight excluding hydrogens is 294 g/mol. The summed E-state index contributed by atoms with van der Waals surface area (Å²) in [5, 5.41) is 5.10. The molecule has 0 spiro atoms. The largest absolute Gasteiger partial charge is 0.497 e. The smallest absolute Gasteiger partial charge is 0.269 e. The van der Waals surface area contributed by atoms with Crippen molar-refractivity contribution in [3.05, 3.63) is 34.5 Å². The molecule has 3 rings (SSSR count). The molecule has 0 aliphatic heterocycles. The Bertz CT molecular complexity index is 779. The molecule has 2 heterocycles. The zero-order valence-corrected chi connectivity index (χ0v) is 12.2. The van der Waals surface area contributed by atoms with Crippen LogP contribution in [0.3, 0.4) is 0 Å². The molecule has 0 bridgehead atoms. The normalized spacial score (nSPS) is 10.7. The summed E-state index contributed by atoms with van der Waals surface area (Å²) < 4.78 is 6.12. The highest BCUT2D eigenvalue weighted by Crippen LogP contribution is 2.30. The predicted octanol–water partition coefficient (Wildman–Crippen LogP) is 3.20. The SMILES string of the molecule is COc1ccc2nc(NC(=O)c3sccc3N)sc2c1. The molecule has 0 unspecified atom stereocenters. The number of nitrogens with one attached hydrogen (secondary N) is 1. The molecule has 102 valence electrons. The lowest BCUT2D eigenvalue weighted by Gasteiger charge is -1.99. The van der Waals surface area contributed by atoms with Crippen molar-refractivity contribution < 1.29 is 9.53 Å². The van der Waals surface area contributed by atoms with E-state index in [2.05, 4.69) is 10.3 Å². The van der Waals surface area contributed by atoms with Gasteiger partial charge in [-0.05, 0) is 29.6 Å². The highest BCUT2D eigenvalue weighted by molar-refractivity contribution is 7.22. The van der Waals surface area contributed by atoms with Gasteiger partial charge in [-0.1, -0.05) is 11.3 Å². The first-order valence-electron chi connectivity index (χ1n) is 5.76. The Labute approximate surface area is 123 Å². The first kappa shape index (κ1) is 12.9. The Kier molecular flexibility index (Phi) is 3.29. The molecule has 5 nitrogen and oxygen atoms in total. The second-order valence-corrected chi connectivity index (χ2v) is 5.96. The van der Waals surface area contributed by atoms with Crippen molar-refractivity contribution in [2.75, 3.05) is 18.2 Å². The number of amides is 1. The lowest BCUT2D eigenvalue weighted by atomic mass is 10.3. The van der Waals surface area contributed by atoms with E-state index in [9.17, 15) is 4.79 Å². The predicted molar refractivity (Wildman–Crippen MR) is 82.9 cm³/mol. The number of carbonyl (C=O) groups excluding carboxylic acids is 1. The quantitative estimate of drug-likeness (QED) is 0.779. The number of ether oxygens (including phenoxy) is 1. The number of benzene rings is 1. The van der Waals surface area contributed by atoms with Gasteiger partial charge in [0.1, 0.15) is 10.6 Å². The first-order valence-corrected chi connectivity index (χ1v) is 7.46. The standard InChI is InChI=1S/C13H11N3O2S2/c1-18-7-2-3-9-10(6-7)20-13(15-9)16-12(17)11-8(14)4-5-19-11/h2-6H,14H2,1H3,(H,15,16,17). The summed E-state index contributed by atoms with van der Waals surface area (Å²) in [5.41, 5.74) is 7.03. The molecule has 0 radical (unpaired) electrons. The van der Waals surface area contributed by atoms with Gasteiger partial charge >= 0.3 is 0 Å². The minimum absolute atomic E-state index is 0.233. The van der Waals surface area contributed by atoms with Crippen molar-refractivity contribution in [3.63, 3.8) is 0 Å². The number of fused-ring (bicyclic) bond motifs is 1. The second kappa shape index (κ2) is 5.10. The molecular formula is C13H11N3O2S2. The molecule has 7 heteroatoms. The van der Waals surface area contributed by atoms with Crippen molar-refractivity contribution in [2.24, 2.45) is 0 Å². The highest BCUT2D eigenvalue weighted by atomic mass is 32.1. The number of aromatic nitrogens is 1. The van der Waals surface area contributed by atoms with E-state index in [0.717, 1.165) is 16.0 Å². The molecule has 3 aromatic rings. The third kappa shape index (κ3) is 2.33. The van der Waals surface area contributed by atoms with E-state index in [1.54, 1.807) is 18.6 Å². The van der Waals surface area contributed by atoms with Crippen molar-refractivity contribution >= 4 is 49.6 Å². The maximum Gasteiger partial charge on any atom is 0.269 e. The van der Waals surface area contributed by atoms with Crippen LogP contribution in [-0.2, 0) is 0 Å². The van der Waals surface area contributed by atoms with Crippen molar-refractivity contribution in [1.82, 2.24) is 4.98 Å². The molecule has 0 aliphatic rings. The van der Waals surface area contributed by atoms with Gasteiger partial charge in [0.25, 0.3) is 5.91 Å². The first-order chi connectivity index (χ1) is 9.67. The van der Waals surface area contributed by atoms with Crippen LogP contribution in [0.25, 0.3) is 10.2 Å². The fraction of sp³-hybridized carbons (Fsp3) is 0.0769. The van der Waals surface area contributed by atoms with Gasteiger partial charge in [-0.2, -0.15) is 0 Å². The van der Waals surface area contributed by atoms with Gasteiger partial charge in [0.05, 0.1) is 23.0 Å². The lowest BCUT2D eigenvalue weighted by molar-refractivity contribution is 0.103. The summed E-state index contributed by atoms with van der Waals surface area (Å²) in [6.45, 7) is 0. The van der Waals surface area contributed by atoms with Crippen LogP contribution in [0.15, 0.2) is 29.6 Å². The number of hydrogen-bond acceptors (Lipinski definition) is 6. The minimum Gasteiger partial charge on any atom is -0.497 e. The van der Waals surface area contributed by atoms with Crippen molar-refractivity contribution in [3.8, 4) is 5.75 Å². The molecule has 0 aliphatic carbocycles. The van der Waals surface area contributed by atoms with Gasteiger partial charge in [0, 0.05) is 0 Å². The third-order valence-electron chi connectivity index (χ3n) is 2.72. The molecule has 0 saturated heterocycles. The maximum atomic E-state index is 12.1. The number of carbonyl (C=O) groups is 1. The number of nitrogen functional groups attached to an aromatic ring is 1. The Morgan fingerprint density at radius 1 is 1.40 bits per heavy atom. The molecule has 0 atom stereocenters. The zero-order valence-electron chi connectivity index (χ0n) is 10.5. The van der Waals surface area contributed by atoms with Gasteiger partial charge in [-0.3, -0.25) is 10.1 Å². The number of anilines is 2. The van der Waals surface area contributed by atoms with Crippen LogP contribution in [0.2, 0.25) is 0 Å². The Morgan fingerprint density at radius 3 is 2.95 bits per heavy atom. The fourth-order valence-electron chi connectivity index (χ4n) is 1.74. The summed E-state index contributed by atoms with van der Waals surface area (Å²) in [4.78, 5) is 16.9. The number of nitrogens with zero attached hydrogens (tertiary/aromatic N) is 1. The molecule has 1 aromatic carbocycles. The number of thiazole rings is 1. The monoisotopic (exact) mass is 305 g/mol. The van der Waals surface area contributed by atoms with Crippen LogP contribution in [0.4, 0.5) is 10.8 Å². The third-order valence-corrected chi connectivity index (χ3v) is 4.58. The number of thiophene rings is 1. The van der Waals surface area contributed by atoms with Gasteiger partial charge in [-0.25, -0.2) is 4.98 Å². The number of methoxy groups -OCH3 is 1. The summed E-state index contributed by atoms with van der Waals surface area (Å²) >= 11 is 2.71. The van der Waals surface area contributed by atoms with Crippen molar-refractivity contribution in [1.29, 1.82) is 0 Å². The van der Waals surface area contributed by atoms with Gasteiger partial charge in [-0.15, -0.1) is 11.3 Å². The van der Waals surface area contributed by atoms with E-state index in [1.807, 2.05) is 18.2 Å². The zero-order chi connectivity index (χ0) is 14.1. The molecule has 1 amide bonds. The summed E-state index contributed by atoms with van der Waals surface area (Å²) in [6, 6.07) is 7.30. The van der Waals surface area contributed by atoms with Crippen LogP contribution in [0.1, 0.15) is 9.67 Å². The Hall–Kier alpha value is -2.12. The minimum atomic E-state index is -0.233. The lowest BCUT2D eigenvalue weighted by Crippen LogP contribution is -2.11. The summed E-state index contributed by atoms with van der Waals surface area (Å²) in [5.74, 6) is 0.532. The molecule has 0 fully saturated rings. The van der Waals surface area contributed by atoms with E-state index < -0.39 is 0 Å². The molecule has 20 heavy (non-hydrogen) atoms. The van der Waals surface area contributed by atoms with Gasteiger partial charge < -0.3 is 10.5 Å². The Balaban J connectivity index is 1.88. The van der Waals surface area contributed by atoms with Crippen molar-refractivity contribution in [2.45, 2.75) is 0 Å². The Morgan fingerprint density at radius 2 is 2.25 bits per heavy atom. The van der Waals surface area contributed by atoms with E-state index >= 15 is 0 Å². The number of nitrogens with two attached hydrogens (primary N) is 1. The van der Waals surface area contributed by atoms with E-state index in [1.165, 1.54) is 22.7 Å². The molecule has 2 aromatic heterocycles. The number of rotatable bonds is 3. The van der Waals surface area contributed by atoms with Crippen LogP contribution in [0, 0.1) is 0 Å². The fourth-order valence-corrected chi connectivity index (χ4v) is 3.35. The van der Waals surface area contributed by atoms with E-state index in [0.29, 0.717) is 15.7 Å². The van der Waals surface area contributed by atoms with Crippen LogP contribution in [0.5, 0.6) is 5.75 Å². The maximum absolute atomic E-state index is 12.1. The average molecular weight is 305 g/mol. The van der Waals surface area contributed by atoms with Crippen LogP contribution < -0.4 is 15.8 Å². The summed E-state index contributed by atoms with van der Waals surface area (Å²) in [7, 11) is 1.62. The summed E-state index contributed by atoms with van der Waals surface area (Å²) in [6.07, 6.45) is 0. The second-order valence-electron chi connectivity index (χ2n) is 4.01. The molecule has 3 N–H and O–H groups in total. The highest BCUT2D eigenvalue weighted by Gasteiger charge is 2.13. The topological polar surface area (TPSA) is 77.2 Å². The van der Waals surface area contributed by atoms with E-state index in [-0.39, 0.29) is 5.91 Å². The van der Waals surface area contributed by atoms with Crippen LogP contribution in [-0.4, -0.2) is 18.0 Å². The number of hydrogen-bond donors (Lipinski definition) is 2. The average Bonchev–Trinajstić information content (AvgIpc) is 3.03. The van der Waals surface area contributed by atoms with Crippen LogP contribution >= 0.6 is 22.7 Å². The van der Waals surface area contributed by atoms with Gasteiger partial charge in [0.2, 0.25) is 0 Å².